The van der Waals surface area contributed by atoms with Crippen LogP contribution in [0.4, 0.5) is 16.2 Å². The average molecular weight is 618 g/mol. The van der Waals surface area contributed by atoms with Crippen LogP contribution in [-0.2, 0) is 10.0 Å². The molecule has 2 heterocycles. The second kappa shape index (κ2) is 12.2. The minimum absolute atomic E-state index is 0.0796. The van der Waals surface area contributed by atoms with Crippen molar-refractivity contribution in [2.24, 2.45) is 0 Å². The van der Waals surface area contributed by atoms with Crippen molar-refractivity contribution in [1.29, 1.82) is 0 Å². The molecular formula is C32H32ClN5O4S. The lowest BCUT2D eigenvalue weighted by Crippen LogP contribution is -2.51. The van der Waals surface area contributed by atoms with E-state index in [1.807, 2.05) is 18.2 Å². The van der Waals surface area contributed by atoms with E-state index in [-0.39, 0.29) is 16.8 Å². The van der Waals surface area contributed by atoms with Crippen LogP contribution in [0.25, 0.3) is 10.9 Å². The van der Waals surface area contributed by atoms with Gasteiger partial charge in [0.25, 0.3) is 15.9 Å². The zero-order valence-corrected chi connectivity index (χ0v) is 25.1. The third-order valence-corrected chi connectivity index (χ3v) is 9.91. The maximum atomic E-state index is 13.2. The second-order valence-electron chi connectivity index (χ2n) is 10.9. The van der Waals surface area contributed by atoms with E-state index < -0.39 is 10.0 Å². The van der Waals surface area contributed by atoms with Crippen LogP contribution >= 0.6 is 11.6 Å². The Bertz CT molecular complexity index is 1760. The summed E-state index contributed by atoms with van der Waals surface area (Å²) in [6, 6.07) is 20.5. The van der Waals surface area contributed by atoms with Gasteiger partial charge in [0.05, 0.1) is 16.2 Å². The highest BCUT2D eigenvalue weighted by molar-refractivity contribution is 7.93. The fourth-order valence-electron chi connectivity index (χ4n) is 5.82. The van der Waals surface area contributed by atoms with Crippen LogP contribution in [0.2, 0.25) is 5.02 Å². The van der Waals surface area contributed by atoms with Gasteiger partial charge in [0.2, 0.25) is 0 Å². The summed E-state index contributed by atoms with van der Waals surface area (Å²) in [6.45, 7) is 1.52. The predicted octanol–water partition coefficient (Wildman–Crippen LogP) is 6.34. The second-order valence-corrected chi connectivity index (χ2v) is 13.0. The summed E-state index contributed by atoms with van der Waals surface area (Å²) in [5, 5.41) is 4.17. The fraction of sp³-hybridized carbons (Fsp3) is 0.281. The van der Waals surface area contributed by atoms with E-state index in [0.717, 1.165) is 5.39 Å². The van der Waals surface area contributed by atoms with E-state index in [4.69, 9.17) is 11.6 Å². The first-order valence-electron chi connectivity index (χ1n) is 14.4. The van der Waals surface area contributed by atoms with E-state index in [1.165, 1.54) is 37.3 Å². The van der Waals surface area contributed by atoms with Gasteiger partial charge in [-0.05, 0) is 72.9 Å². The van der Waals surface area contributed by atoms with Crippen molar-refractivity contribution < 1.29 is 18.0 Å². The Morgan fingerprint density at radius 1 is 0.860 bits per heavy atom. The number of pyridine rings is 1. The fourth-order valence-corrected chi connectivity index (χ4v) is 7.29. The molecule has 43 heavy (non-hydrogen) atoms. The van der Waals surface area contributed by atoms with Crippen molar-refractivity contribution in [2.75, 3.05) is 36.2 Å². The molecule has 222 valence electrons. The maximum Gasteiger partial charge on any atom is 0.322 e. The number of anilines is 2. The molecule has 3 aromatic carbocycles. The molecule has 0 radical (unpaired) electrons. The van der Waals surface area contributed by atoms with Gasteiger partial charge in [0.1, 0.15) is 4.90 Å². The Kier molecular flexibility index (Phi) is 8.23. The Balaban J connectivity index is 1.04. The zero-order chi connectivity index (χ0) is 30.0. The minimum Gasteiger partial charge on any atom is -0.335 e. The molecule has 0 spiro atoms. The van der Waals surface area contributed by atoms with Crippen LogP contribution in [0, 0.1) is 0 Å². The van der Waals surface area contributed by atoms with Crippen LogP contribution in [0.5, 0.6) is 0 Å². The number of urea groups is 1. The molecule has 3 amide bonds. The van der Waals surface area contributed by atoms with E-state index in [0.29, 0.717) is 59.6 Å². The lowest BCUT2D eigenvalue weighted by atomic mass is 9.97. The Labute approximate surface area is 255 Å². The van der Waals surface area contributed by atoms with Gasteiger partial charge in [0.15, 0.2) is 0 Å². The molecule has 0 bridgehead atoms. The lowest BCUT2D eigenvalue weighted by Gasteiger charge is -2.34. The van der Waals surface area contributed by atoms with Crippen molar-refractivity contribution in [2.45, 2.75) is 36.5 Å². The van der Waals surface area contributed by atoms with Gasteiger partial charge in [-0.2, -0.15) is 0 Å². The highest BCUT2D eigenvalue weighted by atomic mass is 35.5. The summed E-state index contributed by atoms with van der Waals surface area (Å²) in [5.41, 5.74) is 2.96. The first-order chi connectivity index (χ1) is 20.8. The number of carbonyl (C=O) groups excluding carboxylic acids is 2. The molecule has 2 aliphatic rings. The number of sulfonamides is 1. The number of fused-ring (bicyclic) bond motifs is 1. The maximum absolute atomic E-state index is 13.2. The highest BCUT2D eigenvalue weighted by Gasteiger charge is 2.26. The molecular weight excluding hydrogens is 586 g/mol. The number of benzene rings is 3. The smallest absolute Gasteiger partial charge is 0.322 e. The molecule has 1 saturated carbocycles. The topological polar surface area (TPSA) is 112 Å². The quantitative estimate of drug-likeness (QED) is 0.262. The van der Waals surface area contributed by atoms with Crippen molar-refractivity contribution in [3.8, 4) is 0 Å². The number of para-hydroxylation sites is 1. The summed E-state index contributed by atoms with van der Waals surface area (Å²) in [4.78, 5) is 33.8. The third-order valence-electron chi connectivity index (χ3n) is 8.18. The molecule has 1 aliphatic carbocycles. The van der Waals surface area contributed by atoms with Crippen LogP contribution in [0.1, 0.15) is 47.5 Å². The number of nitrogens with one attached hydrogen (secondary N) is 2. The number of aromatic nitrogens is 1. The molecule has 0 unspecified atom stereocenters. The predicted molar refractivity (Wildman–Crippen MR) is 168 cm³/mol. The first kappa shape index (κ1) is 28.9. The van der Waals surface area contributed by atoms with Crippen LogP contribution in [-0.4, -0.2) is 61.3 Å². The summed E-state index contributed by atoms with van der Waals surface area (Å²) < 4.78 is 28.8. The highest BCUT2D eigenvalue weighted by Crippen LogP contribution is 2.36. The number of amides is 3. The van der Waals surface area contributed by atoms with Crippen LogP contribution < -0.4 is 10.0 Å². The minimum atomic E-state index is -3.90. The third kappa shape index (κ3) is 6.30. The molecule has 4 aromatic rings. The van der Waals surface area contributed by atoms with Crippen LogP contribution in [0.15, 0.2) is 83.9 Å². The Morgan fingerprint density at radius 2 is 1.56 bits per heavy atom. The van der Waals surface area contributed by atoms with E-state index in [2.05, 4.69) is 15.0 Å². The van der Waals surface area contributed by atoms with Gasteiger partial charge >= 0.3 is 6.03 Å². The summed E-state index contributed by atoms with van der Waals surface area (Å²) in [5.74, 6) is 0.360. The molecule has 1 saturated heterocycles. The largest absolute Gasteiger partial charge is 0.335 e. The molecule has 1 aromatic heterocycles. The van der Waals surface area contributed by atoms with Gasteiger partial charge in [-0.3, -0.25) is 14.5 Å². The number of hydrogen-bond acceptors (Lipinski definition) is 5. The van der Waals surface area contributed by atoms with Gasteiger partial charge < -0.3 is 15.1 Å². The number of halogens is 1. The summed E-state index contributed by atoms with van der Waals surface area (Å²) in [6.07, 6.45) is 6.40. The molecule has 2 N–H and O–H groups in total. The van der Waals surface area contributed by atoms with Gasteiger partial charge in [0, 0.05) is 49.0 Å². The van der Waals surface area contributed by atoms with Crippen molar-refractivity contribution in [3.63, 3.8) is 0 Å². The molecule has 11 heteroatoms. The normalized spacial score (nSPS) is 15.9. The Morgan fingerprint density at radius 3 is 2.28 bits per heavy atom. The molecule has 2 fully saturated rings. The van der Waals surface area contributed by atoms with E-state index >= 15 is 0 Å². The summed E-state index contributed by atoms with van der Waals surface area (Å²) in [7, 11) is -3.90. The van der Waals surface area contributed by atoms with E-state index in [9.17, 15) is 18.0 Å². The van der Waals surface area contributed by atoms with Crippen molar-refractivity contribution >= 4 is 55.8 Å². The van der Waals surface area contributed by atoms with Crippen LogP contribution in [0.3, 0.4) is 0 Å². The molecule has 0 atom stereocenters. The average Bonchev–Trinajstić information content (AvgIpc) is 3.57. The Hall–Kier alpha value is -4.15. The number of carbonyl (C=O) groups is 2. The molecule has 9 nitrogen and oxygen atoms in total. The molecule has 6 rings (SSSR count). The monoisotopic (exact) mass is 617 g/mol. The van der Waals surface area contributed by atoms with Crippen molar-refractivity contribution in [3.05, 3.63) is 95.1 Å². The SMILES string of the molecule is O=C(Nc1ccc(C2CCCC2)cc1Cl)N1CCN(C(=O)c2ccc(NS(=O)(=O)c3cccc4cccnc34)cc2)CC1. The first-order valence-corrected chi connectivity index (χ1v) is 16.3. The van der Waals surface area contributed by atoms with Gasteiger partial charge in [-0.15, -0.1) is 0 Å². The molecule has 1 aliphatic heterocycles. The van der Waals surface area contributed by atoms with E-state index in [1.54, 1.807) is 64.5 Å². The van der Waals surface area contributed by atoms with Crippen molar-refractivity contribution in [1.82, 2.24) is 14.8 Å². The zero-order valence-electron chi connectivity index (χ0n) is 23.5. The number of nitrogens with zero attached hydrogens (tertiary/aromatic N) is 3. The van der Waals surface area contributed by atoms with Gasteiger partial charge in [-0.1, -0.05) is 48.7 Å². The summed E-state index contributed by atoms with van der Waals surface area (Å²) >= 11 is 6.50. The number of hydrogen-bond donors (Lipinski definition) is 2. The number of piperazine rings is 1. The standard InChI is InChI=1S/C32H32ClN5O4S/c33-27-21-25(22-5-1-2-6-22)12-15-28(27)35-32(40)38-19-17-37(18-20-38)31(39)24-10-13-26(14-11-24)36-43(41,42)29-9-3-7-23-8-4-16-34-30(23)29/h3-4,7-16,21-22,36H,1-2,5-6,17-20H2,(H,35,40). The van der Waals surface area contributed by atoms with Gasteiger partial charge in [-0.25, -0.2) is 13.2 Å². The number of rotatable bonds is 6. The lowest BCUT2D eigenvalue weighted by molar-refractivity contribution is 0.0671.